The molecule has 3 rings (SSSR count). The lowest BCUT2D eigenvalue weighted by Crippen LogP contribution is -2.32. The molecule has 2 heterocycles. The minimum Gasteiger partial charge on any atom is -0.457 e. The normalized spacial score (nSPS) is 17.3. The zero-order valence-electron chi connectivity index (χ0n) is 13.5. The molecule has 128 valence electrons. The fourth-order valence-electron chi connectivity index (χ4n) is 2.63. The first kappa shape index (κ1) is 17.3. The zero-order valence-corrected chi connectivity index (χ0v) is 14.3. The topological polar surface area (TPSA) is 75.3 Å². The van der Waals surface area contributed by atoms with Gasteiger partial charge in [0, 0.05) is 29.8 Å². The SMILES string of the molecule is N#C/C(=C\c1ccc(-c2cccc(Cl)c2)o1)C(=O)NC[C@@H]1CCCO1. The van der Waals surface area contributed by atoms with Crippen molar-refractivity contribution in [3.05, 3.63) is 52.8 Å². The number of furan rings is 1. The van der Waals surface area contributed by atoms with Crippen molar-refractivity contribution in [3.63, 3.8) is 0 Å². The molecule has 1 amide bonds. The van der Waals surface area contributed by atoms with E-state index in [0.717, 1.165) is 25.0 Å². The number of hydrogen-bond donors (Lipinski definition) is 1. The number of ether oxygens (including phenoxy) is 1. The Morgan fingerprint density at radius 2 is 2.28 bits per heavy atom. The van der Waals surface area contributed by atoms with Gasteiger partial charge in [0.1, 0.15) is 23.2 Å². The molecule has 0 saturated carbocycles. The number of benzene rings is 1. The zero-order chi connectivity index (χ0) is 17.6. The lowest BCUT2D eigenvalue weighted by Gasteiger charge is -2.09. The highest BCUT2D eigenvalue weighted by Crippen LogP contribution is 2.25. The number of nitrogens with one attached hydrogen (secondary N) is 1. The third-order valence-corrected chi connectivity index (χ3v) is 4.14. The lowest BCUT2D eigenvalue weighted by molar-refractivity contribution is -0.117. The third kappa shape index (κ3) is 4.50. The van der Waals surface area contributed by atoms with Crippen LogP contribution >= 0.6 is 11.6 Å². The predicted molar refractivity (Wildman–Crippen MR) is 94.7 cm³/mol. The highest BCUT2D eigenvalue weighted by molar-refractivity contribution is 6.30. The van der Waals surface area contributed by atoms with Crippen LogP contribution in [0.3, 0.4) is 0 Å². The van der Waals surface area contributed by atoms with Gasteiger partial charge in [0.25, 0.3) is 5.91 Å². The van der Waals surface area contributed by atoms with E-state index in [9.17, 15) is 10.1 Å². The highest BCUT2D eigenvalue weighted by atomic mass is 35.5. The molecule has 1 atom stereocenters. The minimum atomic E-state index is -0.432. The van der Waals surface area contributed by atoms with E-state index in [0.29, 0.717) is 23.1 Å². The second-order valence-electron chi connectivity index (χ2n) is 5.73. The van der Waals surface area contributed by atoms with Crippen molar-refractivity contribution in [2.45, 2.75) is 18.9 Å². The second-order valence-corrected chi connectivity index (χ2v) is 6.16. The first-order chi connectivity index (χ1) is 12.2. The summed E-state index contributed by atoms with van der Waals surface area (Å²) in [5.41, 5.74) is 0.818. The number of amides is 1. The molecule has 0 bridgehead atoms. The van der Waals surface area contributed by atoms with E-state index in [1.54, 1.807) is 24.3 Å². The van der Waals surface area contributed by atoms with Crippen molar-refractivity contribution in [2.24, 2.45) is 0 Å². The molecule has 0 unspecified atom stereocenters. The molecule has 0 radical (unpaired) electrons. The fourth-order valence-corrected chi connectivity index (χ4v) is 2.82. The Balaban J connectivity index is 1.69. The van der Waals surface area contributed by atoms with Gasteiger partial charge in [0.2, 0.25) is 0 Å². The molecule has 1 saturated heterocycles. The van der Waals surface area contributed by atoms with Crippen LogP contribution in [0.4, 0.5) is 0 Å². The molecule has 2 aromatic rings. The summed E-state index contributed by atoms with van der Waals surface area (Å²) >= 11 is 5.98. The molecule has 1 aromatic heterocycles. The van der Waals surface area contributed by atoms with E-state index < -0.39 is 5.91 Å². The molecule has 25 heavy (non-hydrogen) atoms. The van der Waals surface area contributed by atoms with E-state index in [1.807, 2.05) is 18.2 Å². The van der Waals surface area contributed by atoms with E-state index in [-0.39, 0.29) is 11.7 Å². The second kappa shape index (κ2) is 8.02. The third-order valence-electron chi connectivity index (χ3n) is 3.90. The molecule has 1 fully saturated rings. The standard InChI is InChI=1S/C19H17ClN2O3/c20-15-4-1-3-13(9-15)18-7-6-16(25-18)10-14(11-21)19(23)22-12-17-5-2-8-24-17/h1,3-4,6-7,9-10,17H,2,5,8,12H2,(H,22,23)/b14-10+/t17-/m0/s1. The van der Waals surface area contributed by atoms with Crippen LogP contribution in [0, 0.1) is 11.3 Å². The molecule has 6 heteroatoms. The average molecular weight is 357 g/mol. The van der Waals surface area contributed by atoms with Gasteiger partial charge in [-0.15, -0.1) is 0 Å². The maximum Gasteiger partial charge on any atom is 0.262 e. The van der Waals surface area contributed by atoms with Crippen LogP contribution in [0.15, 0.2) is 46.4 Å². The number of nitrogens with zero attached hydrogens (tertiary/aromatic N) is 1. The molecule has 5 nitrogen and oxygen atoms in total. The number of nitriles is 1. The van der Waals surface area contributed by atoms with Gasteiger partial charge < -0.3 is 14.5 Å². The smallest absolute Gasteiger partial charge is 0.262 e. The summed E-state index contributed by atoms with van der Waals surface area (Å²) in [6, 6.07) is 12.7. The van der Waals surface area contributed by atoms with Crippen molar-refractivity contribution >= 4 is 23.6 Å². The van der Waals surface area contributed by atoms with Gasteiger partial charge in [-0.2, -0.15) is 5.26 Å². The van der Waals surface area contributed by atoms with Crippen molar-refractivity contribution in [1.82, 2.24) is 5.32 Å². The van der Waals surface area contributed by atoms with Crippen LogP contribution in [-0.2, 0) is 9.53 Å². The molecule has 1 aromatic carbocycles. The van der Waals surface area contributed by atoms with E-state index in [2.05, 4.69) is 5.32 Å². The van der Waals surface area contributed by atoms with Crippen molar-refractivity contribution in [1.29, 1.82) is 5.26 Å². The summed E-state index contributed by atoms with van der Waals surface area (Å²) in [7, 11) is 0. The largest absolute Gasteiger partial charge is 0.457 e. The van der Waals surface area contributed by atoms with E-state index >= 15 is 0 Å². The van der Waals surface area contributed by atoms with Crippen molar-refractivity contribution < 1.29 is 13.9 Å². The van der Waals surface area contributed by atoms with Crippen LogP contribution in [0.25, 0.3) is 17.4 Å². The van der Waals surface area contributed by atoms with Crippen LogP contribution in [0.5, 0.6) is 0 Å². The summed E-state index contributed by atoms with van der Waals surface area (Å²) in [4.78, 5) is 12.1. The van der Waals surface area contributed by atoms with Crippen LogP contribution in [-0.4, -0.2) is 25.2 Å². The number of hydrogen-bond acceptors (Lipinski definition) is 4. The van der Waals surface area contributed by atoms with Gasteiger partial charge >= 0.3 is 0 Å². The molecule has 0 spiro atoms. The predicted octanol–water partition coefficient (Wildman–Crippen LogP) is 3.80. The van der Waals surface area contributed by atoms with Crippen molar-refractivity contribution in [2.75, 3.05) is 13.2 Å². The first-order valence-corrected chi connectivity index (χ1v) is 8.41. The van der Waals surface area contributed by atoms with Gasteiger partial charge in [0.15, 0.2) is 0 Å². The number of halogens is 1. The van der Waals surface area contributed by atoms with Crippen molar-refractivity contribution in [3.8, 4) is 17.4 Å². The molecule has 0 aliphatic carbocycles. The Hall–Kier alpha value is -2.55. The summed E-state index contributed by atoms with van der Waals surface area (Å²) < 4.78 is 11.1. The highest BCUT2D eigenvalue weighted by Gasteiger charge is 2.18. The van der Waals surface area contributed by atoms with Crippen LogP contribution in [0.2, 0.25) is 5.02 Å². The molecular formula is C19H17ClN2O3. The van der Waals surface area contributed by atoms with Gasteiger partial charge in [-0.05, 0) is 37.1 Å². The van der Waals surface area contributed by atoms with Gasteiger partial charge in [-0.25, -0.2) is 0 Å². The lowest BCUT2D eigenvalue weighted by atomic mass is 10.2. The Kier molecular flexibility index (Phi) is 5.54. The summed E-state index contributed by atoms with van der Waals surface area (Å²) in [6.45, 7) is 1.13. The molecule has 1 aliphatic heterocycles. The van der Waals surface area contributed by atoms with E-state index in [1.165, 1.54) is 6.08 Å². The number of carbonyl (C=O) groups excluding carboxylic acids is 1. The summed E-state index contributed by atoms with van der Waals surface area (Å²) in [5, 5.41) is 12.6. The average Bonchev–Trinajstić information content (AvgIpc) is 3.29. The monoisotopic (exact) mass is 356 g/mol. The van der Waals surface area contributed by atoms with Crippen LogP contribution < -0.4 is 5.32 Å². The Labute approximate surface area is 150 Å². The maximum absolute atomic E-state index is 12.1. The summed E-state index contributed by atoms with van der Waals surface area (Å²) in [6.07, 6.45) is 3.38. The Morgan fingerprint density at radius 1 is 1.40 bits per heavy atom. The Morgan fingerprint density at radius 3 is 3.00 bits per heavy atom. The first-order valence-electron chi connectivity index (χ1n) is 8.03. The molecule has 1 aliphatic rings. The Bertz CT molecular complexity index is 829. The van der Waals surface area contributed by atoms with Gasteiger partial charge in [0.05, 0.1) is 6.10 Å². The molecular weight excluding hydrogens is 340 g/mol. The minimum absolute atomic E-state index is 0.00927. The fraction of sp³-hybridized carbons (Fsp3) is 0.263. The maximum atomic E-state index is 12.1. The molecule has 1 N–H and O–H groups in total. The van der Waals surface area contributed by atoms with Gasteiger partial charge in [-0.3, -0.25) is 4.79 Å². The van der Waals surface area contributed by atoms with Gasteiger partial charge in [-0.1, -0.05) is 23.7 Å². The van der Waals surface area contributed by atoms with E-state index in [4.69, 9.17) is 20.8 Å². The quantitative estimate of drug-likeness (QED) is 0.653. The summed E-state index contributed by atoms with van der Waals surface area (Å²) in [5.74, 6) is 0.614. The number of rotatable bonds is 5. The number of carbonyl (C=O) groups is 1. The van der Waals surface area contributed by atoms with Crippen LogP contribution in [0.1, 0.15) is 18.6 Å².